The average molecular weight is 502 g/mol. The van der Waals surface area contributed by atoms with E-state index in [2.05, 4.69) is 20.2 Å². The summed E-state index contributed by atoms with van der Waals surface area (Å²) in [6, 6.07) is 14.7. The number of hydrogen-bond acceptors (Lipinski definition) is 9. The first-order chi connectivity index (χ1) is 17.7. The molecule has 4 aromatic rings. The van der Waals surface area contributed by atoms with Gasteiger partial charge in [-0.15, -0.1) is 0 Å². The van der Waals surface area contributed by atoms with Gasteiger partial charge in [-0.2, -0.15) is 0 Å². The van der Waals surface area contributed by atoms with Gasteiger partial charge in [0.25, 0.3) is 0 Å². The first kappa shape index (κ1) is 24.6. The molecule has 3 heterocycles. The second-order valence-electron chi connectivity index (χ2n) is 9.81. The topological polar surface area (TPSA) is 116 Å². The van der Waals surface area contributed by atoms with E-state index in [9.17, 15) is 4.79 Å². The quantitative estimate of drug-likeness (QED) is 0.289. The summed E-state index contributed by atoms with van der Waals surface area (Å²) in [5.74, 6) is 1.14. The van der Waals surface area contributed by atoms with Crippen LogP contribution in [-0.4, -0.2) is 48.9 Å². The van der Waals surface area contributed by atoms with E-state index in [-0.39, 0.29) is 11.7 Å². The highest BCUT2D eigenvalue weighted by Crippen LogP contribution is 2.38. The number of likely N-dealkylation sites (N-methyl/N-ethyl adjacent to an activating group) is 2. The van der Waals surface area contributed by atoms with Crippen molar-refractivity contribution < 1.29 is 13.9 Å². The standard InChI is InChI=1S/C28H31N5O4/c1-28(2)25(13-19-11-18-6-8-27(34)35-23(18)15-24(19)37-28)36-26-14-21(31-16-32-26)17-5-7-22(20(29)12-17)33(4)10-9-30-3/h5-8,11-12,14-16,25,30H,9-10,13,29H2,1-4H3. The van der Waals surface area contributed by atoms with Crippen LogP contribution in [0.3, 0.4) is 0 Å². The van der Waals surface area contributed by atoms with Crippen LogP contribution < -0.4 is 31.0 Å². The maximum atomic E-state index is 11.6. The Labute approximate surface area is 215 Å². The molecule has 0 radical (unpaired) electrons. The average Bonchev–Trinajstić information content (AvgIpc) is 2.86. The summed E-state index contributed by atoms with van der Waals surface area (Å²) in [7, 11) is 3.95. The lowest BCUT2D eigenvalue weighted by molar-refractivity contribution is -0.0287. The fourth-order valence-electron chi connectivity index (χ4n) is 4.55. The van der Waals surface area contributed by atoms with Crippen molar-refractivity contribution in [2.24, 2.45) is 0 Å². The summed E-state index contributed by atoms with van der Waals surface area (Å²) in [4.78, 5) is 22.5. The molecule has 1 aliphatic rings. The smallest absolute Gasteiger partial charge is 0.336 e. The fourth-order valence-corrected chi connectivity index (χ4v) is 4.55. The van der Waals surface area contributed by atoms with Gasteiger partial charge in [-0.3, -0.25) is 0 Å². The zero-order chi connectivity index (χ0) is 26.2. The Morgan fingerprint density at radius 2 is 2.00 bits per heavy atom. The molecule has 0 amide bonds. The van der Waals surface area contributed by atoms with Crippen molar-refractivity contribution in [3.63, 3.8) is 0 Å². The Bertz CT molecular complexity index is 1500. The van der Waals surface area contributed by atoms with Crippen LogP contribution in [0.1, 0.15) is 19.4 Å². The van der Waals surface area contributed by atoms with Gasteiger partial charge in [0.05, 0.1) is 17.1 Å². The van der Waals surface area contributed by atoms with Crippen LogP contribution in [-0.2, 0) is 6.42 Å². The molecule has 2 aromatic heterocycles. The number of nitrogens with two attached hydrogens (primary N) is 1. The van der Waals surface area contributed by atoms with Crippen LogP contribution in [0.2, 0.25) is 0 Å². The van der Waals surface area contributed by atoms with E-state index >= 15 is 0 Å². The monoisotopic (exact) mass is 501 g/mol. The molecular formula is C28H31N5O4. The molecule has 0 spiro atoms. The van der Waals surface area contributed by atoms with Gasteiger partial charge in [0, 0.05) is 55.7 Å². The molecular weight excluding hydrogens is 470 g/mol. The van der Waals surface area contributed by atoms with Crippen LogP contribution in [0.25, 0.3) is 22.2 Å². The Morgan fingerprint density at radius 3 is 2.78 bits per heavy atom. The second-order valence-corrected chi connectivity index (χ2v) is 9.81. The molecule has 1 unspecified atom stereocenters. The van der Waals surface area contributed by atoms with Gasteiger partial charge in [-0.05, 0) is 50.7 Å². The molecule has 37 heavy (non-hydrogen) atoms. The molecule has 192 valence electrons. The van der Waals surface area contributed by atoms with Gasteiger partial charge in [-0.25, -0.2) is 14.8 Å². The molecule has 1 aliphatic heterocycles. The summed E-state index contributed by atoms with van der Waals surface area (Å²) in [6.07, 6.45) is 1.80. The maximum Gasteiger partial charge on any atom is 0.336 e. The summed E-state index contributed by atoms with van der Waals surface area (Å²) >= 11 is 0. The molecule has 9 nitrogen and oxygen atoms in total. The molecule has 0 saturated heterocycles. The van der Waals surface area contributed by atoms with Crippen LogP contribution >= 0.6 is 0 Å². The van der Waals surface area contributed by atoms with Gasteiger partial charge >= 0.3 is 5.63 Å². The molecule has 0 aliphatic carbocycles. The summed E-state index contributed by atoms with van der Waals surface area (Å²) in [5, 5.41) is 3.98. The molecule has 5 rings (SSSR count). The lowest BCUT2D eigenvalue weighted by atomic mass is 9.90. The van der Waals surface area contributed by atoms with Crippen molar-refractivity contribution in [3.05, 3.63) is 70.8 Å². The molecule has 0 saturated carbocycles. The van der Waals surface area contributed by atoms with Crippen LogP contribution in [0.15, 0.2) is 64.1 Å². The lowest BCUT2D eigenvalue weighted by Crippen LogP contribution is -2.49. The van der Waals surface area contributed by atoms with Gasteiger partial charge in [0.2, 0.25) is 5.88 Å². The minimum absolute atomic E-state index is 0.302. The number of rotatable bonds is 7. The predicted octanol–water partition coefficient (Wildman–Crippen LogP) is 3.65. The SMILES string of the molecule is CNCCN(C)c1ccc(-c2cc(OC3Cc4cc5ccc(=O)oc5cc4OC3(C)C)ncn2)cc1N. The number of fused-ring (bicyclic) bond motifs is 2. The summed E-state index contributed by atoms with van der Waals surface area (Å²) in [6.45, 7) is 5.65. The lowest BCUT2D eigenvalue weighted by Gasteiger charge is -2.39. The Morgan fingerprint density at radius 1 is 1.16 bits per heavy atom. The van der Waals surface area contributed by atoms with Gasteiger partial charge < -0.3 is 29.8 Å². The summed E-state index contributed by atoms with van der Waals surface area (Å²) < 4.78 is 18.0. The van der Waals surface area contributed by atoms with Gasteiger partial charge in [-0.1, -0.05) is 6.07 Å². The number of anilines is 2. The molecule has 0 fully saturated rings. The number of nitrogens with zero attached hydrogens (tertiary/aromatic N) is 3. The number of nitrogens with one attached hydrogen (secondary N) is 1. The van der Waals surface area contributed by atoms with Crippen LogP contribution in [0.5, 0.6) is 11.6 Å². The van der Waals surface area contributed by atoms with Crippen molar-refractivity contribution in [1.82, 2.24) is 15.3 Å². The first-order valence-electron chi connectivity index (χ1n) is 12.2. The van der Waals surface area contributed by atoms with Crippen LogP contribution in [0, 0.1) is 0 Å². The zero-order valence-electron chi connectivity index (χ0n) is 21.4. The maximum absolute atomic E-state index is 11.6. The van der Waals surface area contributed by atoms with Crippen molar-refractivity contribution in [1.29, 1.82) is 0 Å². The Kier molecular flexibility index (Phi) is 6.47. The number of nitrogen functional groups attached to an aromatic ring is 1. The third-order valence-electron chi connectivity index (χ3n) is 6.69. The normalized spacial score (nSPS) is 16.2. The largest absolute Gasteiger partial charge is 0.484 e. The van der Waals surface area contributed by atoms with E-state index in [0.717, 1.165) is 41.0 Å². The van der Waals surface area contributed by atoms with Crippen molar-refractivity contribution in [2.45, 2.75) is 32.0 Å². The highest BCUT2D eigenvalue weighted by atomic mass is 16.6. The van der Waals surface area contributed by atoms with Crippen molar-refractivity contribution in [2.75, 3.05) is 37.8 Å². The number of benzene rings is 2. The molecule has 1 atom stereocenters. The first-order valence-corrected chi connectivity index (χ1v) is 12.2. The minimum atomic E-state index is -0.648. The zero-order valence-corrected chi connectivity index (χ0v) is 21.4. The Hall–Kier alpha value is -4.11. The van der Waals surface area contributed by atoms with Crippen molar-refractivity contribution >= 4 is 22.3 Å². The van der Waals surface area contributed by atoms with E-state index in [0.29, 0.717) is 29.3 Å². The molecule has 0 bridgehead atoms. The molecule has 9 heteroatoms. The Balaban J connectivity index is 1.38. The second kappa shape index (κ2) is 9.74. The number of aromatic nitrogens is 2. The third kappa shape index (κ3) is 5.08. The highest BCUT2D eigenvalue weighted by molar-refractivity contribution is 5.79. The molecule has 3 N–H and O–H groups in total. The third-order valence-corrected chi connectivity index (χ3v) is 6.69. The van der Waals surface area contributed by atoms with E-state index < -0.39 is 5.60 Å². The minimum Gasteiger partial charge on any atom is -0.484 e. The number of hydrogen-bond donors (Lipinski definition) is 2. The number of ether oxygens (including phenoxy) is 2. The molecule has 2 aromatic carbocycles. The van der Waals surface area contributed by atoms with E-state index in [4.69, 9.17) is 19.6 Å². The van der Waals surface area contributed by atoms with Crippen LogP contribution in [0.4, 0.5) is 11.4 Å². The van der Waals surface area contributed by atoms with Gasteiger partial charge in [0.1, 0.15) is 29.4 Å². The van der Waals surface area contributed by atoms with E-state index in [1.807, 2.05) is 58.3 Å². The fraction of sp³-hybridized carbons (Fsp3) is 0.321. The predicted molar refractivity (Wildman–Crippen MR) is 144 cm³/mol. The highest BCUT2D eigenvalue weighted by Gasteiger charge is 2.39. The van der Waals surface area contributed by atoms with Gasteiger partial charge in [0.15, 0.2) is 0 Å². The van der Waals surface area contributed by atoms with E-state index in [1.165, 1.54) is 12.4 Å². The van der Waals surface area contributed by atoms with E-state index in [1.54, 1.807) is 12.1 Å². The van der Waals surface area contributed by atoms with Crippen molar-refractivity contribution in [3.8, 4) is 22.9 Å². The summed E-state index contributed by atoms with van der Waals surface area (Å²) in [5.41, 5.74) is 10.1.